The molecule has 0 rings (SSSR count). The zero-order valence-electron chi connectivity index (χ0n) is 25.2. The molecule has 0 spiro atoms. The summed E-state index contributed by atoms with van der Waals surface area (Å²) in [7, 11) is 0. The summed E-state index contributed by atoms with van der Waals surface area (Å²) in [5, 5.41) is 0. The molecule has 39 heteroatoms. The van der Waals surface area contributed by atoms with Gasteiger partial charge in [0.2, 0.25) is 8.13 Å². The SMILES string of the molecule is CC(Cl)(Cl)C(Cl)(Cl)C(Cl)(Cl)C(Cl)(Cl)C(Cl)(Cl)C(Cl)(Cl)C(Cl)(Cl)C(Cl)(Cl)C(Cl)(Cl)C(Cl)(Cl)C(Cl)(Cl)C(Cl)(Cl)C(Cl)(Cl)C(Cl)(Cl)C(Cl)(Cl)C(Cl)(Cl)C(Cl)(Cl)C(Cl)(Cl)C(Cl)(Cl)Cl. The highest BCUT2D eigenvalue weighted by Crippen LogP contribution is 2.79. The zero-order chi connectivity index (χ0) is 49.5. The van der Waals surface area contributed by atoms with Gasteiger partial charge in [0, 0.05) is 0 Å². The summed E-state index contributed by atoms with van der Waals surface area (Å²) in [5.41, 5.74) is 0. The molecule has 0 N–H and O–H groups in total. The highest BCUT2D eigenvalue weighted by Gasteiger charge is 2.88. The molecule has 0 aromatic carbocycles. The summed E-state index contributed by atoms with van der Waals surface area (Å²) in [5.74, 6) is 0. The molecule has 0 radical (unpaired) electrons. The number of halogens is 39. The second-order valence-corrected chi connectivity index (χ2v) is 37.7. The van der Waals surface area contributed by atoms with Gasteiger partial charge < -0.3 is 0 Å². The highest BCUT2D eigenvalue weighted by atomic mass is 35.6. The van der Waals surface area contributed by atoms with E-state index in [0.29, 0.717) is 0 Å². The van der Waals surface area contributed by atoms with Gasteiger partial charge in [0.15, 0.2) is 73.7 Å². The highest BCUT2D eigenvalue weighted by molar-refractivity contribution is 6.86. The molecule has 0 atom stereocenters. The molecule has 0 bridgehead atoms. The minimum atomic E-state index is -3.74. The molecule has 0 amide bonds. The first-order chi connectivity index (χ1) is 24.5. The number of hydrogen-bond donors (Lipinski definition) is 0. The van der Waals surface area contributed by atoms with Crippen molar-refractivity contribution in [3.63, 3.8) is 0 Å². The molecule has 0 aliphatic rings. The number of alkyl halides is 39. The summed E-state index contributed by atoms with van der Waals surface area (Å²) in [6.07, 6.45) is 0. The lowest BCUT2D eigenvalue weighted by Crippen LogP contribution is -2.76. The molecule has 0 saturated heterocycles. The molecule has 0 aliphatic heterocycles. The van der Waals surface area contributed by atoms with Crippen LogP contribution in [0.5, 0.6) is 0 Å². The van der Waals surface area contributed by atoms with Crippen LogP contribution in [0, 0.1) is 0 Å². The van der Waals surface area contributed by atoms with E-state index in [4.69, 9.17) is 452 Å². The van der Waals surface area contributed by atoms with Gasteiger partial charge in [-0.15, -0.1) is 0 Å². The second kappa shape index (κ2) is 20.6. The first-order valence-corrected chi connectivity index (χ1v) is 27.1. The van der Waals surface area contributed by atoms with Crippen LogP contribution in [0.15, 0.2) is 0 Å². The van der Waals surface area contributed by atoms with Crippen molar-refractivity contribution in [2.45, 2.75) is 88.7 Å². The normalized spacial score (nSPS) is 17.5. The van der Waals surface area contributed by atoms with E-state index in [9.17, 15) is 0 Å². The predicted molar refractivity (Wildman–Crippen MR) is 286 cm³/mol. The minimum absolute atomic E-state index is 0.971. The van der Waals surface area contributed by atoms with E-state index in [0.717, 1.165) is 6.92 Å². The van der Waals surface area contributed by atoms with E-state index in [1.54, 1.807) is 0 Å². The summed E-state index contributed by atoms with van der Waals surface area (Å²) >= 11 is 250. The summed E-state index contributed by atoms with van der Waals surface area (Å²) in [6, 6.07) is 0. The van der Waals surface area contributed by atoms with Gasteiger partial charge in [-0.2, -0.15) is 0 Å². The minimum Gasteiger partial charge on any atom is -0.0985 e. The Morgan fingerprint density at radius 1 is 0.136 bits per heavy atom. The van der Waals surface area contributed by atoms with E-state index in [2.05, 4.69) is 0 Å². The predicted octanol–water partition coefficient (Wildman–Crippen LogP) is 23.5. The Balaban J connectivity index is 7.92. The van der Waals surface area contributed by atoms with Gasteiger partial charge in [-0.05, 0) is 6.92 Å². The number of rotatable bonds is 17. The molecular weight excluding hydrogens is 1620 g/mol. The molecule has 0 heterocycles. The van der Waals surface area contributed by atoms with Crippen LogP contribution in [0.3, 0.4) is 0 Å². The maximum atomic E-state index is 6.60. The van der Waals surface area contributed by atoms with Gasteiger partial charge in [-0.1, -0.05) is 452 Å². The van der Waals surface area contributed by atoms with Gasteiger partial charge in [-0.25, -0.2) is 0 Å². The fourth-order valence-electron chi connectivity index (χ4n) is 3.41. The van der Waals surface area contributed by atoms with E-state index < -0.39 is 81.8 Å². The Labute approximate surface area is 532 Å². The summed E-state index contributed by atoms with van der Waals surface area (Å²) in [6.45, 7) is 0.971. The third-order valence-corrected chi connectivity index (χ3v) is 35.3. The van der Waals surface area contributed by atoms with Crippen LogP contribution < -0.4 is 0 Å². The first kappa shape index (κ1) is 70.3. The molecule has 0 aromatic heterocycles. The molecule has 0 nitrogen and oxygen atoms in total. The Morgan fingerprint density at radius 2 is 0.220 bits per heavy atom. The van der Waals surface area contributed by atoms with Crippen LogP contribution in [0.1, 0.15) is 6.92 Å². The van der Waals surface area contributed by atoms with Crippen LogP contribution >= 0.6 is 452 Å². The zero-order valence-corrected chi connectivity index (χ0v) is 54.7. The van der Waals surface area contributed by atoms with E-state index >= 15 is 0 Å². The molecule has 0 aromatic rings. The molecular formula is C20H3Cl39. The van der Waals surface area contributed by atoms with Gasteiger partial charge in [0.1, 0.15) is 0 Å². The van der Waals surface area contributed by atoms with Crippen molar-refractivity contribution in [1.82, 2.24) is 0 Å². The third-order valence-electron chi connectivity index (χ3n) is 7.22. The van der Waals surface area contributed by atoms with Crippen molar-refractivity contribution in [2.75, 3.05) is 0 Å². The quantitative estimate of drug-likeness (QED) is 0.127. The van der Waals surface area contributed by atoms with Gasteiger partial charge >= 0.3 is 0 Å². The van der Waals surface area contributed by atoms with Crippen molar-refractivity contribution in [3.05, 3.63) is 0 Å². The van der Waals surface area contributed by atoms with E-state index in [1.807, 2.05) is 0 Å². The van der Waals surface area contributed by atoms with Crippen molar-refractivity contribution < 1.29 is 0 Å². The largest absolute Gasteiger partial charge is 0.226 e. The Hall–Kier alpha value is 11.3. The van der Waals surface area contributed by atoms with Crippen LogP contribution in [-0.2, 0) is 0 Å². The number of hydrogen-bond acceptors (Lipinski definition) is 0. The lowest BCUT2D eigenvalue weighted by molar-refractivity contribution is 0.389. The molecule has 0 fully saturated rings. The monoisotopic (exact) mass is 1610 g/mol. The van der Waals surface area contributed by atoms with Crippen LogP contribution in [0.2, 0.25) is 0 Å². The summed E-state index contributed by atoms with van der Waals surface area (Å²) < 4.78 is -64.8. The third kappa shape index (κ3) is 10.5. The second-order valence-electron chi connectivity index (χ2n) is 11.2. The lowest BCUT2D eigenvalue weighted by Gasteiger charge is -2.59. The lowest BCUT2D eigenvalue weighted by atomic mass is 9.96. The molecule has 0 unspecified atom stereocenters. The Morgan fingerprint density at radius 3 is 0.305 bits per heavy atom. The van der Waals surface area contributed by atoms with Crippen molar-refractivity contribution in [1.29, 1.82) is 0 Å². The summed E-state index contributed by atoms with van der Waals surface area (Å²) in [4.78, 5) is 0. The van der Waals surface area contributed by atoms with Crippen molar-refractivity contribution >= 4 is 452 Å². The molecule has 0 saturated carbocycles. The Bertz CT molecular complexity index is 1410. The van der Waals surface area contributed by atoms with Crippen LogP contribution in [-0.4, -0.2) is 81.8 Å². The van der Waals surface area contributed by atoms with Gasteiger partial charge in [0.25, 0.3) is 0 Å². The van der Waals surface area contributed by atoms with E-state index in [-0.39, 0.29) is 0 Å². The molecule has 0 aliphatic carbocycles. The fourth-order valence-corrected chi connectivity index (χ4v) is 16.7. The smallest absolute Gasteiger partial charge is 0.0985 e. The molecule has 59 heavy (non-hydrogen) atoms. The van der Waals surface area contributed by atoms with Crippen molar-refractivity contribution in [3.8, 4) is 0 Å². The topological polar surface area (TPSA) is 0 Å². The maximum Gasteiger partial charge on any atom is 0.226 e. The standard InChI is InChI=1S/C20H3Cl39/c1-2(21,22)3(23,24)4(25,26)5(27,28)6(29,30)7(31,32)8(33,34)9(35,36)10(37,38)11(39,40)12(41,42)13(43,44)14(45,46)15(47,48)16(49,50)17(51,52)18(53,54)19(55,56)20(57,58)59/h1H3. The van der Waals surface area contributed by atoms with Gasteiger partial charge in [-0.3, -0.25) is 0 Å². The van der Waals surface area contributed by atoms with E-state index in [1.165, 1.54) is 0 Å². The first-order valence-electron chi connectivity index (χ1n) is 12.4. The molecule has 356 valence electrons. The maximum absolute atomic E-state index is 6.60. The van der Waals surface area contributed by atoms with Crippen molar-refractivity contribution in [2.24, 2.45) is 0 Å². The Kier molecular flexibility index (Phi) is 24.5. The average molecular weight is 1630 g/mol. The van der Waals surface area contributed by atoms with Crippen LogP contribution in [0.25, 0.3) is 0 Å². The fraction of sp³-hybridized carbons (Fsp3) is 1.00. The van der Waals surface area contributed by atoms with Crippen LogP contribution in [0.4, 0.5) is 0 Å². The average Bonchev–Trinajstić information content (AvgIpc) is 2.98. The van der Waals surface area contributed by atoms with Gasteiger partial charge in [0.05, 0.1) is 0 Å².